The summed E-state index contributed by atoms with van der Waals surface area (Å²) >= 11 is 0. The largest absolute Gasteiger partial charge is 0.481 e. The first kappa shape index (κ1) is 23.6. The lowest BCUT2D eigenvalue weighted by atomic mass is 9.55. The van der Waals surface area contributed by atoms with Crippen LogP contribution in [0.15, 0.2) is 103 Å². The fraction of sp³-hybridized carbons (Fsp3) is 0.188. The summed E-state index contributed by atoms with van der Waals surface area (Å²) in [7, 11) is 0. The monoisotopic (exact) mass is 476 g/mol. The quantitative estimate of drug-likeness (QED) is 0.309. The summed E-state index contributed by atoms with van der Waals surface area (Å²) in [6.45, 7) is 0. The van der Waals surface area contributed by atoms with Gasteiger partial charge in [-0.15, -0.1) is 0 Å². The Morgan fingerprint density at radius 2 is 1.22 bits per heavy atom. The number of benzene rings is 4. The summed E-state index contributed by atoms with van der Waals surface area (Å²) in [6, 6.07) is 30.9. The average molecular weight is 477 g/mol. The minimum atomic E-state index is -1.16. The molecule has 0 saturated carbocycles. The molecule has 0 heterocycles. The Hall–Kier alpha value is -4.18. The van der Waals surface area contributed by atoms with Crippen molar-refractivity contribution in [3.63, 3.8) is 0 Å². The SMILES string of the molecule is O=C(O)C(Cc1ccccc1)C1(C(Cc2ccccc2)C(=O)O)CC=Cc2ccc3ccccc3c21. The summed E-state index contributed by atoms with van der Waals surface area (Å²) in [4.78, 5) is 26.2. The summed E-state index contributed by atoms with van der Waals surface area (Å²) < 4.78 is 0. The number of rotatable bonds is 8. The third-order valence-electron chi connectivity index (χ3n) is 7.58. The highest BCUT2D eigenvalue weighted by Gasteiger charge is 2.54. The van der Waals surface area contributed by atoms with Crippen LogP contribution in [0.2, 0.25) is 0 Å². The zero-order valence-corrected chi connectivity index (χ0v) is 19.9. The van der Waals surface area contributed by atoms with E-state index in [2.05, 4.69) is 0 Å². The fourth-order valence-electron chi connectivity index (χ4n) is 5.98. The predicted octanol–water partition coefficient (Wildman–Crippen LogP) is 6.38. The van der Waals surface area contributed by atoms with E-state index in [1.54, 1.807) is 0 Å². The molecular weight excluding hydrogens is 448 g/mol. The van der Waals surface area contributed by atoms with Crippen LogP contribution in [0.3, 0.4) is 0 Å². The molecule has 0 aliphatic heterocycles. The molecule has 4 aromatic carbocycles. The van der Waals surface area contributed by atoms with E-state index in [1.807, 2.05) is 109 Å². The Balaban J connectivity index is 1.80. The Kier molecular flexibility index (Phi) is 6.43. The van der Waals surface area contributed by atoms with E-state index in [0.29, 0.717) is 6.42 Å². The number of carbonyl (C=O) groups is 2. The van der Waals surface area contributed by atoms with Gasteiger partial charge in [0.1, 0.15) is 0 Å². The van der Waals surface area contributed by atoms with Crippen LogP contribution in [0.1, 0.15) is 28.7 Å². The van der Waals surface area contributed by atoms with Gasteiger partial charge in [0.05, 0.1) is 11.8 Å². The van der Waals surface area contributed by atoms with Gasteiger partial charge in [0, 0.05) is 5.41 Å². The lowest BCUT2D eigenvalue weighted by molar-refractivity contribution is -0.151. The predicted molar refractivity (Wildman–Crippen MR) is 142 cm³/mol. The maximum absolute atomic E-state index is 13.1. The van der Waals surface area contributed by atoms with Crippen molar-refractivity contribution in [1.82, 2.24) is 0 Å². The Morgan fingerprint density at radius 1 is 0.694 bits per heavy atom. The molecular formula is C32H28O4. The molecule has 0 aromatic heterocycles. The van der Waals surface area contributed by atoms with Crippen LogP contribution in [0.5, 0.6) is 0 Å². The Bertz CT molecular complexity index is 1360. The summed E-state index contributed by atoms with van der Waals surface area (Å²) in [5.41, 5.74) is 2.32. The minimum Gasteiger partial charge on any atom is -0.481 e. The lowest BCUT2D eigenvalue weighted by Crippen LogP contribution is -2.51. The maximum Gasteiger partial charge on any atom is 0.307 e. The number of allylic oxidation sites excluding steroid dienone is 1. The second-order valence-electron chi connectivity index (χ2n) is 9.56. The lowest BCUT2D eigenvalue weighted by Gasteiger charge is -2.46. The molecule has 1 aliphatic rings. The zero-order valence-electron chi connectivity index (χ0n) is 19.9. The minimum absolute atomic E-state index is 0.241. The van der Waals surface area contributed by atoms with Crippen LogP contribution >= 0.6 is 0 Å². The summed E-state index contributed by atoms with van der Waals surface area (Å²) in [6.07, 6.45) is 4.78. The van der Waals surface area contributed by atoms with Gasteiger partial charge in [-0.2, -0.15) is 0 Å². The van der Waals surface area contributed by atoms with E-state index in [1.165, 1.54) is 0 Å². The second kappa shape index (κ2) is 9.82. The van der Waals surface area contributed by atoms with Gasteiger partial charge >= 0.3 is 11.9 Å². The van der Waals surface area contributed by atoms with Gasteiger partial charge in [-0.05, 0) is 52.3 Å². The molecule has 2 unspecified atom stereocenters. The van der Waals surface area contributed by atoms with E-state index >= 15 is 0 Å². The third-order valence-corrected chi connectivity index (χ3v) is 7.58. The normalized spacial score (nSPS) is 18.3. The number of hydrogen-bond acceptors (Lipinski definition) is 2. The van der Waals surface area contributed by atoms with Gasteiger partial charge in [-0.1, -0.05) is 109 Å². The van der Waals surface area contributed by atoms with Crippen molar-refractivity contribution < 1.29 is 19.8 Å². The van der Waals surface area contributed by atoms with E-state index < -0.39 is 29.2 Å². The van der Waals surface area contributed by atoms with Gasteiger partial charge in [-0.3, -0.25) is 9.59 Å². The van der Waals surface area contributed by atoms with Gasteiger partial charge < -0.3 is 10.2 Å². The molecule has 36 heavy (non-hydrogen) atoms. The van der Waals surface area contributed by atoms with Crippen LogP contribution < -0.4 is 0 Å². The smallest absolute Gasteiger partial charge is 0.307 e. The number of aliphatic carboxylic acids is 2. The van der Waals surface area contributed by atoms with Crippen molar-refractivity contribution in [2.24, 2.45) is 11.8 Å². The van der Waals surface area contributed by atoms with Crippen LogP contribution in [-0.2, 0) is 27.8 Å². The molecule has 0 amide bonds. The van der Waals surface area contributed by atoms with Crippen LogP contribution in [0.25, 0.3) is 16.8 Å². The first-order valence-electron chi connectivity index (χ1n) is 12.2. The summed E-state index contributed by atoms with van der Waals surface area (Å²) in [5, 5.41) is 23.3. The van der Waals surface area contributed by atoms with Gasteiger partial charge in [0.25, 0.3) is 0 Å². The second-order valence-corrected chi connectivity index (χ2v) is 9.56. The molecule has 2 N–H and O–H groups in total. The Morgan fingerprint density at radius 3 is 1.78 bits per heavy atom. The fourth-order valence-corrected chi connectivity index (χ4v) is 5.98. The van der Waals surface area contributed by atoms with E-state index in [-0.39, 0.29) is 12.8 Å². The first-order chi connectivity index (χ1) is 17.5. The van der Waals surface area contributed by atoms with Gasteiger partial charge in [0.15, 0.2) is 0 Å². The molecule has 1 aliphatic carbocycles. The maximum atomic E-state index is 13.1. The molecule has 0 radical (unpaired) electrons. The van der Waals surface area contributed by atoms with Crippen LogP contribution in [0.4, 0.5) is 0 Å². The molecule has 4 heteroatoms. The van der Waals surface area contributed by atoms with Crippen molar-refractivity contribution in [2.75, 3.05) is 0 Å². The first-order valence-corrected chi connectivity index (χ1v) is 12.2. The van der Waals surface area contributed by atoms with Crippen molar-refractivity contribution >= 4 is 28.8 Å². The van der Waals surface area contributed by atoms with Crippen molar-refractivity contribution in [1.29, 1.82) is 0 Å². The molecule has 5 rings (SSSR count). The Labute approximate surface area is 210 Å². The van der Waals surface area contributed by atoms with E-state index in [0.717, 1.165) is 33.0 Å². The molecule has 0 spiro atoms. The van der Waals surface area contributed by atoms with Crippen molar-refractivity contribution in [2.45, 2.75) is 24.7 Å². The number of fused-ring (bicyclic) bond motifs is 3. The van der Waals surface area contributed by atoms with E-state index in [4.69, 9.17) is 0 Å². The van der Waals surface area contributed by atoms with Gasteiger partial charge in [-0.25, -0.2) is 0 Å². The molecule has 180 valence electrons. The van der Waals surface area contributed by atoms with E-state index in [9.17, 15) is 19.8 Å². The highest BCUT2D eigenvalue weighted by Crippen LogP contribution is 2.52. The average Bonchev–Trinajstić information content (AvgIpc) is 2.91. The molecule has 2 atom stereocenters. The molecule has 4 nitrogen and oxygen atoms in total. The van der Waals surface area contributed by atoms with Crippen molar-refractivity contribution in [3.05, 3.63) is 125 Å². The topological polar surface area (TPSA) is 74.6 Å². The molecule has 0 fully saturated rings. The van der Waals surface area contributed by atoms with Crippen LogP contribution in [0, 0.1) is 11.8 Å². The standard InChI is InChI=1S/C32H28O4/c33-30(34)27(20-22-10-3-1-4-11-22)32(28(31(35)36)21-23-12-5-2-6-13-23)19-9-15-25-18-17-24-14-7-8-16-26(24)29(25)32/h1-18,27-28H,19-21H2,(H,33,34)(H,35,36). The molecule has 4 aromatic rings. The number of carboxylic acids is 2. The molecule has 0 bridgehead atoms. The number of carboxylic acid groups (broad SMARTS) is 2. The zero-order chi connectivity index (χ0) is 25.1. The van der Waals surface area contributed by atoms with Gasteiger partial charge in [0.2, 0.25) is 0 Å². The highest BCUT2D eigenvalue weighted by molar-refractivity contribution is 5.93. The van der Waals surface area contributed by atoms with Crippen LogP contribution in [-0.4, -0.2) is 22.2 Å². The third kappa shape index (κ3) is 4.20. The molecule has 0 saturated heterocycles. The van der Waals surface area contributed by atoms with Crippen molar-refractivity contribution in [3.8, 4) is 0 Å². The highest BCUT2D eigenvalue weighted by atomic mass is 16.4. The number of hydrogen-bond donors (Lipinski definition) is 2. The summed E-state index contributed by atoms with van der Waals surface area (Å²) in [5.74, 6) is -3.85.